The SMILES string of the molecule is CC(N)C1CCCC(C(=O)N2CCCC2CNC2CCc3ccccc32)N1. The van der Waals surface area contributed by atoms with Gasteiger partial charge in [-0.3, -0.25) is 4.79 Å². The van der Waals surface area contributed by atoms with Crippen molar-refractivity contribution in [2.24, 2.45) is 5.73 Å². The first-order chi connectivity index (χ1) is 13.1. The summed E-state index contributed by atoms with van der Waals surface area (Å²) in [4.78, 5) is 15.3. The van der Waals surface area contributed by atoms with E-state index in [-0.39, 0.29) is 24.0 Å². The molecule has 5 unspecified atom stereocenters. The number of carbonyl (C=O) groups excluding carboxylic acids is 1. The molecule has 2 heterocycles. The van der Waals surface area contributed by atoms with E-state index in [1.54, 1.807) is 0 Å². The third-order valence-corrected chi connectivity index (χ3v) is 6.75. The van der Waals surface area contributed by atoms with E-state index in [2.05, 4.69) is 39.8 Å². The van der Waals surface area contributed by atoms with Gasteiger partial charge in [-0.05, 0) is 63.0 Å². The van der Waals surface area contributed by atoms with Gasteiger partial charge in [0, 0.05) is 37.3 Å². The number of aryl methyl sites for hydroxylation is 1. The number of benzene rings is 1. The summed E-state index contributed by atoms with van der Waals surface area (Å²) in [6.07, 6.45) is 7.65. The minimum absolute atomic E-state index is 0.0532. The van der Waals surface area contributed by atoms with Gasteiger partial charge in [0.1, 0.15) is 0 Å². The number of nitrogens with one attached hydrogen (secondary N) is 2. The largest absolute Gasteiger partial charge is 0.337 e. The van der Waals surface area contributed by atoms with Crippen LogP contribution in [-0.2, 0) is 11.2 Å². The summed E-state index contributed by atoms with van der Waals surface area (Å²) in [7, 11) is 0. The van der Waals surface area contributed by atoms with Crippen LogP contribution in [0.1, 0.15) is 62.6 Å². The maximum absolute atomic E-state index is 13.2. The molecule has 1 aromatic rings. The van der Waals surface area contributed by atoms with Gasteiger partial charge in [-0.15, -0.1) is 0 Å². The van der Waals surface area contributed by atoms with Crippen molar-refractivity contribution in [2.75, 3.05) is 13.1 Å². The number of hydrogen-bond acceptors (Lipinski definition) is 4. The molecule has 148 valence electrons. The van der Waals surface area contributed by atoms with Crippen molar-refractivity contribution in [2.45, 2.75) is 82.1 Å². The van der Waals surface area contributed by atoms with Crippen molar-refractivity contribution in [1.29, 1.82) is 0 Å². The van der Waals surface area contributed by atoms with Gasteiger partial charge in [0.15, 0.2) is 0 Å². The molecule has 0 saturated carbocycles. The summed E-state index contributed by atoms with van der Waals surface area (Å²) in [5.74, 6) is 0.288. The monoisotopic (exact) mass is 370 g/mol. The molecular formula is C22H34N4O. The number of likely N-dealkylation sites (tertiary alicyclic amines) is 1. The Bertz CT molecular complexity index is 661. The summed E-state index contributed by atoms with van der Waals surface area (Å²) in [5.41, 5.74) is 8.99. The fourth-order valence-electron chi connectivity index (χ4n) is 5.16. The number of hydrogen-bond donors (Lipinski definition) is 3. The fraction of sp³-hybridized carbons (Fsp3) is 0.682. The minimum Gasteiger partial charge on any atom is -0.337 e. The van der Waals surface area contributed by atoms with Crippen LogP contribution < -0.4 is 16.4 Å². The molecular weight excluding hydrogens is 336 g/mol. The average Bonchev–Trinajstić information content (AvgIpc) is 3.32. The molecule has 5 atom stereocenters. The van der Waals surface area contributed by atoms with E-state index in [1.165, 1.54) is 17.5 Å². The minimum atomic E-state index is -0.0532. The molecule has 1 aliphatic carbocycles. The maximum atomic E-state index is 13.2. The highest BCUT2D eigenvalue weighted by Gasteiger charge is 2.36. The van der Waals surface area contributed by atoms with Gasteiger partial charge < -0.3 is 21.3 Å². The van der Waals surface area contributed by atoms with E-state index in [4.69, 9.17) is 5.73 Å². The zero-order valence-corrected chi connectivity index (χ0v) is 16.5. The van der Waals surface area contributed by atoms with Crippen molar-refractivity contribution < 1.29 is 4.79 Å². The Morgan fingerprint density at radius 3 is 2.96 bits per heavy atom. The van der Waals surface area contributed by atoms with Crippen molar-refractivity contribution >= 4 is 5.91 Å². The number of carbonyl (C=O) groups is 1. The molecule has 27 heavy (non-hydrogen) atoms. The highest BCUT2D eigenvalue weighted by atomic mass is 16.2. The highest BCUT2D eigenvalue weighted by molar-refractivity contribution is 5.82. The molecule has 4 N–H and O–H groups in total. The normalized spacial score (nSPS) is 31.7. The van der Waals surface area contributed by atoms with Crippen molar-refractivity contribution in [3.05, 3.63) is 35.4 Å². The quantitative estimate of drug-likeness (QED) is 0.742. The summed E-state index contributed by atoms with van der Waals surface area (Å²) in [6, 6.07) is 9.82. The molecule has 5 heteroatoms. The number of fused-ring (bicyclic) bond motifs is 1. The Morgan fingerprint density at radius 1 is 1.26 bits per heavy atom. The Hall–Kier alpha value is -1.43. The highest BCUT2D eigenvalue weighted by Crippen LogP contribution is 2.31. The number of amides is 1. The van der Waals surface area contributed by atoms with E-state index in [0.29, 0.717) is 12.1 Å². The van der Waals surface area contributed by atoms with Crippen LogP contribution in [0.3, 0.4) is 0 Å². The van der Waals surface area contributed by atoms with Gasteiger partial charge >= 0.3 is 0 Å². The summed E-state index contributed by atoms with van der Waals surface area (Å²) >= 11 is 0. The van der Waals surface area contributed by atoms with Crippen LogP contribution in [-0.4, -0.2) is 48.1 Å². The number of rotatable bonds is 5. The topological polar surface area (TPSA) is 70.4 Å². The van der Waals surface area contributed by atoms with Crippen LogP contribution in [0.25, 0.3) is 0 Å². The van der Waals surface area contributed by atoms with Gasteiger partial charge in [-0.2, -0.15) is 0 Å². The number of nitrogens with two attached hydrogens (primary N) is 1. The first-order valence-electron chi connectivity index (χ1n) is 10.8. The molecule has 2 saturated heterocycles. The second-order valence-corrected chi connectivity index (χ2v) is 8.64. The van der Waals surface area contributed by atoms with Crippen LogP contribution in [0.4, 0.5) is 0 Å². The zero-order valence-electron chi connectivity index (χ0n) is 16.5. The molecule has 0 aromatic heterocycles. The smallest absolute Gasteiger partial charge is 0.240 e. The van der Waals surface area contributed by atoms with Crippen molar-refractivity contribution in [3.63, 3.8) is 0 Å². The molecule has 1 aromatic carbocycles. The van der Waals surface area contributed by atoms with Gasteiger partial charge in [-0.1, -0.05) is 24.3 Å². The number of nitrogens with zero attached hydrogens (tertiary/aromatic N) is 1. The fourth-order valence-corrected chi connectivity index (χ4v) is 5.16. The average molecular weight is 371 g/mol. The van der Waals surface area contributed by atoms with Crippen LogP contribution in [0, 0.1) is 0 Å². The van der Waals surface area contributed by atoms with Gasteiger partial charge in [-0.25, -0.2) is 0 Å². The molecule has 1 amide bonds. The zero-order chi connectivity index (χ0) is 18.8. The Kier molecular flexibility index (Phi) is 5.81. The van der Waals surface area contributed by atoms with E-state index >= 15 is 0 Å². The first-order valence-corrected chi connectivity index (χ1v) is 10.8. The molecule has 3 aliphatic rings. The lowest BCUT2D eigenvalue weighted by atomic mass is 9.94. The van der Waals surface area contributed by atoms with Crippen molar-refractivity contribution in [1.82, 2.24) is 15.5 Å². The molecule has 2 fully saturated rings. The van der Waals surface area contributed by atoms with Crippen LogP contribution in [0.2, 0.25) is 0 Å². The third-order valence-electron chi connectivity index (χ3n) is 6.75. The van der Waals surface area contributed by atoms with Gasteiger partial charge in [0.25, 0.3) is 0 Å². The summed E-state index contributed by atoms with van der Waals surface area (Å²) in [5, 5.41) is 7.28. The first kappa shape index (κ1) is 18.9. The van der Waals surface area contributed by atoms with Gasteiger partial charge in [0.2, 0.25) is 5.91 Å². The lowest BCUT2D eigenvalue weighted by molar-refractivity contribution is -0.135. The van der Waals surface area contributed by atoms with E-state index in [0.717, 1.165) is 51.6 Å². The standard InChI is InChI=1S/C22H34N4O/c1-15(23)19-9-4-10-21(25-19)22(27)26-13-5-7-17(26)14-24-20-12-11-16-6-2-3-8-18(16)20/h2-3,6,8,15,17,19-21,24-25H,4-5,7,9-14,23H2,1H3. The lowest BCUT2D eigenvalue weighted by Gasteiger charge is -2.36. The van der Waals surface area contributed by atoms with Crippen molar-refractivity contribution in [3.8, 4) is 0 Å². The second-order valence-electron chi connectivity index (χ2n) is 8.64. The molecule has 5 nitrogen and oxygen atoms in total. The van der Waals surface area contributed by atoms with Gasteiger partial charge in [0.05, 0.1) is 6.04 Å². The molecule has 0 spiro atoms. The Balaban J connectivity index is 1.34. The van der Waals surface area contributed by atoms with E-state index in [1.807, 2.05) is 6.92 Å². The predicted molar refractivity (Wildman–Crippen MR) is 108 cm³/mol. The van der Waals surface area contributed by atoms with Crippen LogP contribution in [0.5, 0.6) is 0 Å². The Morgan fingerprint density at radius 2 is 2.11 bits per heavy atom. The third kappa shape index (κ3) is 4.05. The van der Waals surface area contributed by atoms with Crippen LogP contribution >= 0.6 is 0 Å². The molecule has 2 aliphatic heterocycles. The molecule has 0 bridgehead atoms. The molecule has 4 rings (SSSR count). The second kappa shape index (κ2) is 8.29. The molecule has 0 radical (unpaired) electrons. The Labute approximate surface area is 163 Å². The summed E-state index contributed by atoms with van der Waals surface area (Å²) < 4.78 is 0. The van der Waals surface area contributed by atoms with E-state index < -0.39 is 0 Å². The van der Waals surface area contributed by atoms with E-state index in [9.17, 15) is 4.79 Å². The lowest BCUT2D eigenvalue weighted by Crippen LogP contribution is -2.57. The van der Waals surface area contributed by atoms with Crippen LogP contribution in [0.15, 0.2) is 24.3 Å². The predicted octanol–water partition coefficient (Wildman–Crippen LogP) is 2.11. The number of piperidine rings is 1. The summed E-state index contributed by atoms with van der Waals surface area (Å²) in [6.45, 7) is 3.83. The maximum Gasteiger partial charge on any atom is 0.240 e.